The lowest BCUT2D eigenvalue weighted by Crippen LogP contribution is -2.09. The third-order valence-corrected chi connectivity index (χ3v) is 7.69. The summed E-state index contributed by atoms with van der Waals surface area (Å²) >= 11 is 0. The Balaban J connectivity index is 3.14. The molecular formula is C34H68O3. The Morgan fingerprint density at radius 3 is 0.730 bits per heavy atom. The largest absolute Gasteiger partial charge is 0.508 e. The van der Waals surface area contributed by atoms with Crippen LogP contribution in [-0.4, -0.2) is 19.4 Å². The molecule has 0 radical (unpaired) electrons. The zero-order valence-corrected chi connectivity index (χ0v) is 25.6. The van der Waals surface area contributed by atoms with Crippen LogP contribution in [0.1, 0.15) is 200 Å². The van der Waals surface area contributed by atoms with Gasteiger partial charge in [-0.1, -0.05) is 187 Å². The van der Waals surface area contributed by atoms with Crippen molar-refractivity contribution in [1.82, 2.24) is 0 Å². The molecule has 0 amide bonds. The maximum Gasteiger partial charge on any atom is 0.508 e. The monoisotopic (exact) mass is 525 g/mol. The zero-order chi connectivity index (χ0) is 26.9. The molecule has 0 rings (SSSR count). The van der Waals surface area contributed by atoms with Crippen LogP contribution in [0.2, 0.25) is 0 Å². The molecule has 37 heavy (non-hydrogen) atoms. The molecule has 3 heteroatoms. The van der Waals surface area contributed by atoms with Gasteiger partial charge in [0, 0.05) is 0 Å². The second-order valence-corrected chi connectivity index (χ2v) is 11.5. The summed E-state index contributed by atoms with van der Waals surface area (Å²) in [5, 5.41) is 0. The third-order valence-electron chi connectivity index (χ3n) is 7.69. The third kappa shape index (κ3) is 33.2. The fourth-order valence-corrected chi connectivity index (χ4v) is 5.12. The van der Waals surface area contributed by atoms with Crippen molar-refractivity contribution in [2.75, 3.05) is 13.2 Å². The number of carbonyl (C=O) groups is 1. The van der Waals surface area contributed by atoms with Crippen LogP contribution in [0.15, 0.2) is 0 Å². The van der Waals surface area contributed by atoms with Gasteiger partial charge in [-0.2, -0.15) is 0 Å². The topological polar surface area (TPSA) is 35.5 Å². The van der Waals surface area contributed by atoms with Gasteiger partial charge < -0.3 is 9.47 Å². The van der Waals surface area contributed by atoms with E-state index in [-0.39, 0.29) is 0 Å². The maximum atomic E-state index is 11.7. The molecule has 0 saturated carbocycles. The molecule has 0 unspecified atom stereocenters. The highest BCUT2D eigenvalue weighted by Crippen LogP contribution is 2.14. The average Bonchev–Trinajstić information content (AvgIpc) is 2.90. The van der Waals surface area contributed by atoms with E-state index in [1.165, 1.54) is 161 Å². The molecule has 0 heterocycles. The van der Waals surface area contributed by atoms with Crippen LogP contribution in [-0.2, 0) is 9.47 Å². The molecule has 0 aliphatic carbocycles. The van der Waals surface area contributed by atoms with E-state index < -0.39 is 6.16 Å². The van der Waals surface area contributed by atoms with Crippen LogP contribution < -0.4 is 0 Å². The van der Waals surface area contributed by atoms with Gasteiger partial charge in [-0.05, 0) is 12.8 Å². The predicted octanol–water partition coefficient (Wildman–Crippen LogP) is 12.5. The number of unbranched alkanes of at least 4 members (excludes halogenated alkanes) is 27. The van der Waals surface area contributed by atoms with Crippen molar-refractivity contribution in [3.05, 3.63) is 0 Å². The Bertz CT molecular complexity index is 423. The van der Waals surface area contributed by atoms with Crippen molar-refractivity contribution in [1.29, 1.82) is 0 Å². The van der Waals surface area contributed by atoms with E-state index in [1.54, 1.807) is 0 Å². The summed E-state index contributed by atoms with van der Waals surface area (Å²) in [4.78, 5) is 11.7. The van der Waals surface area contributed by atoms with Gasteiger partial charge >= 0.3 is 6.16 Å². The summed E-state index contributed by atoms with van der Waals surface area (Å²) in [6, 6.07) is 0. The molecule has 0 spiro atoms. The number of carbonyl (C=O) groups excluding carboxylic acids is 1. The minimum Gasteiger partial charge on any atom is -0.434 e. The lowest BCUT2D eigenvalue weighted by atomic mass is 10.0. The molecule has 0 aromatic heterocycles. The lowest BCUT2D eigenvalue weighted by molar-refractivity contribution is 0.0529. The molecule has 0 aromatic carbocycles. The SMILES string of the molecule is CCCCCCCCCCCCCCCCCCOC(=O)OCCCCCCCCCCCCCCC. The average molecular weight is 525 g/mol. The highest BCUT2D eigenvalue weighted by Gasteiger charge is 2.03. The fraction of sp³-hybridized carbons (Fsp3) is 0.971. The quantitative estimate of drug-likeness (QED) is 0.0668. The highest BCUT2D eigenvalue weighted by molar-refractivity contribution is 5.59. The van der Waals surface area contributed by atoms with Crippen LogP contribution in [0.4, 0.5) is 4.79 Å². The first-order valence-corrected chi connectivity index (χ1v) is 17.1. The first-order chi connectivity index (χ1) is 18.3. The summed E-state index contributed by atoms with van der Waals surface area (Å²) in [6.07, 6.45) is 38.5. The van der Waals surface area contributed by atoms with Crippen LogP contribution >= 0.6 is 0 Å². The van der Waals surface area contributed by atoms with Gasteiger partial charge in [0.2, 0.25) is 0 Å². The van der Waals surface area contributed by atoms with Crippen molar-refractivity contribution in [2.45, 2.75) is 200 Å². The normalized spacial score (nSPS) is 11.2. The van der Waals surface area contributed by atoms with Gasteiger partial charge in [-0.3, -0.25) is 0 Å². The lowest BCUT2D eigenvalue weighted by Gasteiger charge is -2.07. The van der Waals surface area contributed by atoms with Gasteiger partial charge in [-0.25, -0.2) is 4.79 Å². The second kappa shape index (κ2) is 33.3. The Morgan fingerprint density at radius 1 is 0.324 bits per heavy atom. The minimum atomic E-state index is -0.472. The van der Waals surface area contributed by atoms with Crippen molar-refractivity contribution >= 4 is 6.16 Å². The number of hydrogen-bond donors (Lipinski definition) is 0. The molecular weight excluding hydrogens is 456 g/mol. The van der Waals surface area contributed by atoms with E-state index in [0.717, 1.165) is 25.7 Å². The maximum absolute atomic E-state index is 11.7. The van der Waals surface area contributed by atoms with Crippen molar-refractivity contribution < 1.29 is 14.3 Å². The first kappa shape index (κ1) is 36.3. The molecule has 0 aliphatic heterocycles. The van der Waals surface area contributed by atoms with E-state index >= 15 is 0 Å². The van der Waals surface area contributed by atoms with Crippen LogP contribution in [0.3, 0.4) is 0 Å². The highest BCUT2D eigenvalue weighted by atomic mass is 16.7. The Morgan fingerprint density at radius 2 is 0.514 bits per heavy atom. The number of rotatable bonds is 31. The van der Waals surface area contributed by atoms with Gasteiger partial charge in [0.15, 0.2) is 0 Å². The standard InChI is InChI=1S/C34H68O3/c1-3-5-7-9-11-13-15-17-18-19-21-23-25-27-29-31-33-37-34(35)36-32-30-28-26-24-22-20-16-14-12-10-8-6-4-2/h3-33H2,1-2H3. The van der Waals surface area contributed by atoms with Gasteiger partial charge in [0.25, 0.3) is 0 Å². The summed E-state index contributed by atoms with van der Waals surface area (Å²) in [6.45, 7) is 5.58. The molecule has 0 fully saturated rings. The van der Waals surface area contributed by atoms with E-state index in [4.69, 9.17) is 9.47 Å². The Hall–Kier alpha value is -0.730. The van der Waals surface area contributed by atoms with Crippen LogP contribution in [0, 0.1) is 0 Å². The van der Waals surface area contributed by atoms with Gasteiger partial charge in [-0.15, -0.1) is 0 Å². The fourth-order valence-electron chi connectivity index (χ4n) is 5.12. The van der Waals surface area contributed by atoms with E-state index in [1.807, 2.05) is 0 Å². The van der Waals surface area contributed by atoms with Crippen molar-refractivity contribution in [3.63, 3.8) is 0 Å². The van der Waals surface area contributed by atoms with E-state index in [2.05, 4.69) is 13.8 Å². The Kier molecular flexibility index (Phi) is 32.6. The zero-order valence-electron chi connectivity index (χ0n) is 25.6. The van der Waals surface area contributed by atoms with Crippen molar-refractivity contribution in [2.24, 2.45) is 0 Å². The van der Waals surface area contributed by atoms with Gasteiger partial charge in [0.1, 0.15) is 0 Å². The summed E-state index contributed by atoms with van der Waals surface area (Å²) in [5.41, 5.74) is 0. The molecule has 0 aliphatic rings. The molecule has 0 atom stereocenters. The second-order valence-electron chi connectivity index (χ2n) is 11.5. The molecule has 222 valence electrons. The van der Waals surface area contributed by atoms with Crippen LogP contribution in [0.5, 0.6) is 0 Å². The predicted molar refractivity (Wildman–Crippen MR) is 163 cm³/mol. The smallest absolute Gasteiger partial charge is 0.434 e. The molecule has 3 nitrogen and oxygen atoms in total. The Labute approximate surface area is 233 Å². The van der Waals surface area contributed by atoms with Crippen molar-refractivity contribution in [3.8, 4) is 0 Å². The number of hydrogen-bond acceptors (Lipinski definition) is 3. The first-order valence-electron chi connectivity index (χ1n) is 17.1. The van der Waals surface area contributed by atoms with Crippen LogP contribution in [0.25, 0.3) is 0 Å². The van der Waals surface area contributed by atoms with Gasteiger partial charge in [0.05, 0.1) is 13.2 Å². The van der Waals surface area contributed by atoms with E-state index in [0.29, 0.717) is 13.2 Å². The number of ether oxygens (including phenoxy) is 2. The summed E-state index contributed by atoms with van der Waals surface area (Å²) in [7, 11) is 0. The molecule has 0 N–H and O–H groups in total. The summed E-state index contributed by atoms with van der Waals surface area (Å²) < 4.78 is 10.4. The molecule has 0 bridgehead atoms. The minimum absolute atomic E-state index is 0.472. The molecule has 0 aromatic rings. The summed E-state index contributed by atoms with van der Waals surface area (Å²) in [5.74, 6) is 0. The van der Waals surface area contributed by atoms with E-state index in [9.17, 15) is 4.79 Å². The molecule has 0 saturated heterocycles.